The van der Waals surface area contributed by atoms with Gasteiger partial charge in [0.1, 0.15) is 11.1 Å². The lowest BCUT2D eigenvalue weighted by molar-refractivity contribution is -1.16. The number of nitroso groups, excluding NO2 is 1. The largest absolute Gasteiger partial charge is 0.313 e. The summed E-state index contributed by atoms with van der Waals surface area (Å²) in [7, 11) is 0. The van der Waals surface area contributed by atoms with Crippen LogP contribution in [-0.2, 0) is 0 Å². The predicted octanol–water partition coefficient (Wildman–Crippen LogP) is 13.2. The highest BCUT2D eigenvalue weighted by molar-refractivity contribution is 4.95. The first-order chi connectivity index (χ1) is 29.2. The van der Waals surface area contributed by atoms with E-state index in [0.717, 1.165) is 77.0 Å². The van der Waals surface area contributed by atoms with E-state index in [4.69, 9.17) is 0 Å². The second kappa shape index (κ2) is 22.3. The summed E-state index contributed by atoms with van der Waals surface area (Å²) in [6.07, 6.45) is 20.3. The zero-order valence-corrected chi connectivity index (χ0v) is 48.1. The zero-order valence-electron chi connectivity index (χ0n) is 48.1. The van der Waals surface area contributed by atoms with Gasteiger partial charge in [0.15, 0.2) is 0 Å². The second-order valence-electron chi connectivity index (χ2n) is 28.9. The standard InChI is InChI=1S/5C9H19NO.C9H18NO/c6*1-8(2)6-5-7-9(3,4)10(8)11/h5*11H,5-7H2,1-4H3;5-7H2,1-4H3/q;;;;;+1/p+1. The Morgan fingerprint density at radius 2 is 0.455 bits per heavy atom. The van der Waals surface area contributed by atoms with E-state index in [1.165, 1.54) is 63.5 Å². The quantitative estimate of drug-likeness (QED) is 0.130. The van der Waals surface area contributed by atoms with Gasteiger partial charge in [0.2, 0.25) is 11.1 Å². The van der Waals surface area contributed by atoms with Crippen molar-refractivity contribution in [2.24, 2.45) is 0 Å². The maximum absolute atomic E-state index is 11.7. The Bertz CT molecular complexity index is 1210. The van der Waals surface area contributed by atoms with Crippen molar-refractivity contribution in [2.75, 3.05) is 0 Å². The Balaban J connectivity index is 0.000000396. The van der Waals surface area contributed by atoms with Crippen LogP contribution in [0.1, 0.15) is 282 Å². The summed E-state index contributed by atoms with van der Waals surface area (Å²) < 4.78 is 1.27. The molecule has 66 heavy (non-hydrogen) atoms. The van der Waals surface area contributed by atoms with Gasteiger partial charge in [0, 0.05) is 107 Å². The Morgan fingerprint density at radius 1 is 0.303 bits per heavy atom. The average molecular weight is 944 g/mol. The fraction of sp³-hybridized carbons (Fsp3) is 1.00. The number of nitrogens with zero attached hydrogens (tertiary/aromatic N) is 5. The second-order valence-corrected chi connectivity index (χ2v) is 28.9. The average Bonchev–Trinajstić information content (AvgIpc) is 3.13. The van der Waals surface area contributed by atoms with Crippen molar-refractivity contribution < 1.29 is 35.9 Å². The molecule has 0 aromatic carbocycles. The lowest BCUT2D eigenvalue weighted by Gasteiger charge is -2.48. The molecule has 0 radical (unpaired) electrons. The summed E-state index contributed by atoms with van der Waals surface area (Å²) in [6.45, 7) is 50.1. The molecule has 6 aliphatic rings. The van der Waals surface area contributed by atoms with E-state index in [-0.39, 0.29) is 66.5 Å². The minimum atomic E-state index is -0.151. The molecule has 0 bridgehead atoms. The minimum absolute atomic E-state index is 0.0399. The van der Waals surface area contributed by atoms with Crippen LogP contribution in [0.5, 0.6) is 0 Å². The molecule has 0 saturated carbocycles. The normalized spacial score (nSPS) is 30.0. The highest BCUT2D eigenvalue weighted by Crippen LogP contribution is 2.39. The van der Waals surface area contributed by atoms with Gasteiger partial charge in [-0.05, 0) is 228 Å². The molecule has 0 spiro atoms. The summed E-state index contributed by atoms with van der Waals surface area (Å²) in [6, 6.07) is 0. The maximum atomic E-state index is 11.7. The highest BCUT2D eigenvalue weighted by atomic mass is 16.5. The molecule has 0 amide bonds. The SMILES string of the molecule is CC1(C)CCCC(C)(C)N1O.CC1(C)CCCC(C)(C)N1O.CC1(C)CCCC(C)(C)N1O.CC1(C)CCCC(C)(C)N1O.CC1(C)CCCC(C)(C)[N+]1=O.CC1(C)CCCC(C)(C)[NH+]1O. The van der Waals surface area contributed by atoms with Crippen LogP contribution >= 0.6 is 0 Å². The minimum Gasteiger partial charge on any atom is -0.313 e. The Morgan fingerprint density at radius 3 is 0.591 bits per heavy atom. The molecule has 6 N–H and O–H groups in total. The van der Waals surface area contributed by atoms with E-state index in [0.29, 0.717) is 5.06 Å². The van der Waals surface area contributed by atoms with Gasteiger partial charge in [0.05, 0.1) is 0 Å². The van der Waals surface area contributed by atoms with E-state index in [9.17, 15) is 30.9 Å². The van der Waals surface area contributed by atoms with E-state index < -0.39 is 0 Å². The van der Waals surface area contributed by atoms with Crippen LogP contribution in [0.2, 0.25) is 0 Å². The number of quaternary nitrogens is 1. The molecule has 0 aromatic rings. The van der Waals surface area contributed by atoms with Gasteiger partial charge in [-0.15, -0.1) is 0 Å². The van der Waals surface area contributed by atoms with Crippen LogP contribution < -0.4 is 5.06 Å². The Hall–Kier alpha value is -0.800. The lowest BCUT2D eigenvalue weighted by Crippen LogP contribution is -3.24. The smallest absolute Gasteiger partial charge is 0.205 e. The van der Waals surface area contributed by atoms with Crippen molar-refractivity contribution in [3.63, 3.8) is 0 Å². The predicted molar refractivity (Wildman–Crippen MR) is 273 cm³/mol. The van der Waals surface area contributed by atoms with E-state index in [2.05, 4.69) is 138 Å². The molecular weight excluding hydrogens is 829 g/mol. The topological polar surface area (TPSA) is 139 Å². The van der Waals surface area contributed by atoms with Crippen molar-refractivity contribution in [1.29, 1.82) is 0 Å². The maximum Gasteiger partial charge on any atom is 0.205 e. The number of hydroxylamine groups is 10. The van der Waals surface area contributed by atoms with E-state index >= 15 is 0 Å². The first kappa shape index (κ1) is 63.2. The third-order valence-corrected chi connectivity index (χ3v) is 16.5. The molecule has 0 unspecified atom stereocenters. The number of piperidine rings is 6. The summed E-state index contributed by atoms with van der Waals surface area (Å²) in [5.74, 6) is 0. The zero-order chi connectivity index (χ0) is 52.2. The van der Waals surface area contributed by atoms with Crippen LogP contribution in [-0.4, -0.2) is 118 Å². The van der Waals surface area contributed by atoms with Crippen LogP contribution in [0.25, 0.3) is 0 Å². The third-order valence-electron chi connectivity index (χ3n) is 16.5. The monoisotopic (exact) mass is 943 g/mol. The number of hydrogen-bond acceptors (Lipinski definition) is 10. The van der Waals surface area contributed by atoms with E-state index in [1.54, 1.807) is 0 Å². The van der Waals surface area contributed by atoms with Crippen LogP contribution in [0.15, 0.2) is 0 Å². The van der Waals surface area contributed by atoms with Gasteiger partial charge in [-0.2, -0.15) is 25.3 Å². The molecule has 6 heterocycles. The fourth-order valence-corrected chi connectivity index (χ4v) is 12.0. The van der Waals surface area contributed by atoms with Gasteiger partial charge in [-0.25, -0.2) is 5.21 Å². The van der Waals surface area contributed by atoms with Crippen molar-refractivity contribution in [3.8, 4) is 0 Å². The molecule has 0 atom stereocenters. The van der Waals surface area contributed by atoms with Gasteiger partial charge in [-0.3, -0.25) is 0 Å². The van der Waals surface area contributed by atoms with Crippen molar-refractivity contribution >= 4 is 0 Å². The molecular formula is C54H114N6O6+2. The number of rotatable bonds is 0. The highest BCUT2D eigenvalue weighted by Gasteiger charge is 2.50. The lowest BCUT2D eigenvalue weighted by atomic mass is 9.82. The number of hydrogen-bond donors (Lipinski definition) is 6. The first-order valence-electron chi connectivity index (χ1n) is 26.2. The molecule has 394 valence electrons. The molecule has 12 nitrogen and oxygen atoms in total. The molecule has 6 rings (SSSR count). The van der Waals surface area contributed by atoms with Gasteiger partial charge >= 0.3 is 0 Å². The molecule has 6 aliphatic heterocycles. The van der Waals surface area contributed by atoms with Gasteiger partial charge in [-0.1, -0.05) is 0 Å². The van der Waals surface area contributed by atoms with Crippen molar-refractivity contribution in [1.82, 2.24) is 20.3 Å². The summed E-state index contributed by atoms with van der Waals surface area (Å²) in [4.78, 5) is 11.7. The molecule has 6 fully saturated rings. The fourth-order valence-electron chi connectivity index (χ4n) is 12.0. The summed E-state index contributed by atoms with van der Waals surface area (Å²) in [5.41, 5.74) is -0.535. The van der Waals surface area contributed by atoms with Crippen LogP contribution in [0.3, 0.4) is 0 Å². The number of nitrogens with one attached hydrogen (secondary N) is 1. The van der Waals surface area contributed by atoms with Crippen LogP contribution in [0, 0.1) is 4.91 Å². The molecule has 12 heteroatoms. The molecule has 6 saturated heterocycles. The van der Waals surface area contributed by atoms with Crippen molar-refractivity contribution in [2.45, 2.75) is 348 Å². The van der Waals surface area contributed by atoms with Crippen molar-refractivity contribution in [3.05, 3.63) is 4.91 Å². The first-order valence-corrected chi connectivity index (χ1v) is 26.2. The Kier molecular flexibility index (Phi) is 21.4. The van der Waals surface area contributed by atoms with Gasteiger partial charge in [0.25, 0.3) is 0 Å². The Labute approximate surface area is 408 Å². The van der Waals surface area contributed by atoms with Crippen LogP contribution in [0.4, 0.5) is 0 Å². The molecule has 0 aliphatic carbocycles. The van der Waals surface area contributed by atoms with E-state index in [1.807, 2.05) is 27.7 Å². The van der Waals surface area contributed by atoms with Gasteiger partial charge < -0.3 is 20.8 Å². The third kappa shape index (κ3) is 17.2. The summed E-state index contributed by atoms with van der Waals surface area (Å²) in [5, 5.41) is 55.8. The molecule has 0 aromatic heterocycles. The summed E-state index contributed by atoms with van der Waals surface area (Å²) >= 11 is 0.